The van der Waals surface area contributed by atoms with Crippen LogP contribution in [-0.2, 0) is 11.8 Å². The lowest BCUT2D eigenvalue weighted by atomic mass is 10.1. The summed E-state index contributed by atoms with van der Waals surface area (Å²) in [6.07, 6.45) is 0. The molecule has 0 radical (unpaired) electrons. The Kier molecular flexibility index (Phi) is 4.30. The molecule has 0 saturated carbocycles. The number of carbonyl (C=O) groups is 2. The van der Waals surface area contributed by atoms with E-state index in [9.17, 15) is 24.3 Å². The second-order valence-electron chi connectivity index (χ2n) is 6.96. The van der Waals surface area contributed by atoms with Gasteiger partial charge in [-0.15, -0.1) is 0 Å². The van der Waals surface area contributed by atoms with Crippen molar-refractivity contribution in [2.45, 2.75) is 6.92 Å². The van der Waals surface area contributed by atoms with E-state index >= 15 is 0 Å². The van der Waals surface area contributed by atoms with Crippen LogP contribution in [0, 0.1) is 0 Å². The lowest BCUT2D eigenvalue weighted by Gasteiger charge is -2.15. The van der Waals surface area contributed by atoms with E-state index in [1.54, 1.807) is 56.6 Å². The normalized spacial score (nSPS) is 11.2. The number of anilines is 1. The number of aryl methyl sites for hydroxylation is 1. The molecule has 0 atom stereocenters. The van der Waals surface area contributed by atoms with Gasteiger partial charge in [0.15, 0.2) is 5.69 Å². The van der Waals surface area contributed by atoms with Gasteiger partial charge < -0.3 is 19.6 Å². The first-order valence-electron chi connectivity index (χ1n) is 9.07. The van der Waals surface area contributed by atoms with Crippen molar-refractivity contribution < 1.29 is 14.7 Å². The van der Waals surface area contributed by atoms with Crippen molar-refractivity contribution in [1.29, 1.82) is 0 Å². The van der Waals surface area contributed by atoms with Gasteiger partial charge in [0.05, 0.1) is 22.1 Å². The van der Waals surface area contributed by atoms with Crippen LogP contribution in [0.3, 0.4) is 0 Å². The number of aromatic nitrogens is 3. The highest BCUT2D eigenvalue weighted by Crippen LogP contribution is 2.31. The number of aromatic amines is 1. The molecule has 30 heavy (non-hydrogen) atoms. The Bertz CT molecular complexity index is 1470. The summed E-state index contributed by atoms with van der Waals surface area (Å²) in [6.45, 7) is 1.40. The van der Waals surface area contributed by atoms with Crippen molar-refractivity contribution >= 4 is 39.4 Å². The number of amides is 1. The second-order valence-corrected chi connectivity index (χ2v) is 6.96. The number of carbonyl (C=O) groups excluding carboxylic acids is 1. The number of benzene rings is 2. The third-order valence-electron chi connectivity index (χ3n) is 5.25. The fourth-order valence-corrected chi connectivity index (χ4v) is 3.64. The number of aromatic carboxylic acids is 1. The number of hydrogen-bond donors (Lipinski definition) is 2. The number of carboxylic acid groups (broad SMARTS) is 1. The Balaban J connectivity index is 2.19. The van der Waals surface area contributed by atoms with Crippen molar-refractivity contribution in [3.63, 3.8) is 0 Å². The standard InChI is InChI=1S/C21H18N4O5/c1-11(26)23(2)12-8-9-16-14(10-12)17(18(20(28)29)24(16)3)25-19(27)13-6-4-5-7-15(13)22-21(25)30/h4-10H,1-3H3,(H,22,30)(H,28,29). The molecule has 9 nitrogen and oxygen atoms in total. The van der Waals surface area contributed by atoms with Gasteiger partial charge in [-0.1, -0.05) is 12.1 Å². The van der Waals surface area contributed by atoms with Crippen molar-refractivity contribution in [2.24, 2.45) is 7.05 Å². The van der Waals surface area contributed by atoms with Crippen molar-refractivity contribution in [2.75, 3.05) is 11.9 Å². The predicted octanol–water partition coefficient (Wildman–Crippen LogP) is 1.85. The van der Waals surface area contributed by atoms with Gasteiger partial charge in [0, 0.05) is 32.1 Å². The van der Waals surface area contributed by atoms with Gasteiger partial charge in [-0.05, 0) is 30.3 Å². The van der Waals surface area contributed by atoms with E-state index in [2.05, 4.69) is 4.98 Å². The molecule has 0 fully saturated rings. The van der Waals surface area contributed by atoms with E-state index in [4.69, 9.17) is 0 Å². The SMILES string of the molecule is CC(=O)N(C)c1ccc2c(c1)c(-n1c(=O)[nH]c3ccccc3c1=O)c(C(=O)O)n2C. The molecule has 2 aromatic heterocycles. The van der Waals surface area contributed by atoms with Crippen LogP contribution < -0.4 is 16.1 Å². The smallest absolute Gasteiger partial charge is 0.354 e. The summed E-state index contributed by atoms with van der Waals surface area (Å²) in [5.41, 5.74) is -0.274. The first-order valence-corrected chi connectivity index (χ1v) is 9.07. The molecular weight excluding hydrogens is 388 g/mol. The minimum Gasteiger partial charge on any atom is -0.477 e. The van der Waals surface area contributed by atoms with Crippen molar-refractivity contribution in [3.8, 4) is 5.69 Å². The molecule has 0 bridgehead atoms. The van der Waals surface area contributed by atoms with Crippen LogP contribution in [0.15, 0.2) is 52.1 Å². The molecule has 2 aromatic carbocycles. The Morgan fingerprint density at radius 3 is 2.43 bits per heavy atom. The van der Waals surface area contributed by atoms with Crippen LogP contribution in [0.2, 0.25) is 0 Å². The molecule has 0 saturated heterocycles. The number of rotatable bonds is 3. The predicted molar refractivity (Wildman–Crippen MR) is 113 cm³/mol. The van der Waals surface area contributed by atoms with Crippen LogP contribution >= 0.6 is 0 Å². The van der Waals surface area contributed by atoms with Crippen molar-refractivity contribution in [3.05, 3.63) is 69.0 Å². The van der Waals surface area contributed by atoms with Gasteiger partial charge in [0.2, 0.25) is 5.91 Å². The molecule has 1 amide bonds. The van der Waals surface area contributed by atoms with Crippen LogP contribution in [0.25, 0.3) is 27.5 Å². The monoisotopic (exact) mass is 406 g/mol. The maximum Gasteiger partial charge on any atom is 0.354 e. The molecular formula is C21H18N4O5. The summed E-state index contributed by atoms with van der Waals surface area (Å²) >= 11 is 0. The molecule has 4 aromatic rings. The number of fused-ring (bicyclic) bond motifs is 2. The molecule has 0 aliphatic heterocycles. The first kappa shape index (κ1) is 19.2. The topological polar surface area (TPSA) is 117 Å². The summed E-state index contributed by atoms with van der Waals surface area (Å²) < 4.78 is 2.25. The Morgan fingerprint density at radius 2 is 1.77 bits per heavy atom. The summed E-state index contributed by atoms with van der Waals surface area (Å²) in [6, 6.07) is 11.4. The van der Waals surface area contributed by atoms with Crippen LogP contribution in [-0.4, -0.2) is 38.1 Å². The highest BCUT2D eigenvalue weighted by molar-refractivity contribution is 6.05. The molecule has 0 spiro atoms. The van der Waals surface area contributed by atoms with E-state index < -0.39 is 17.2 Å². The number of hydrogen-bond acceptors (Lipinski definition) is 4. The van der Waals surface area contributed by atoms with Crippen LogP contribution in [0.5, 0.6) is 0 Å². The summed E-state index contributed by atoms with van der Waals surface area (Å²) in [4.78, 5) is 53.9. The highest BCUT2D eigenvalue weighted by Gasteiger charge is 2.25. The van der Waals surface area contributed by atoms with Gasteiger partial charge in [-0.25, -0.2) is 14.2 Å². The average molecular weight is 406 g/mol. The number of nitrogens with one attached hydrogen (secondary N) is 1. The Morgan fingerprint density at radius 1 is 1.07 bits per heavy atom. The Hall–Kier alpha value is -4.14. The summed E-state index contributed by atoms with van der Waals surface area (Å²) in [5, 5.41) is 10.5. The zero-order valence-corrected chi connectivity index (χ0v) is 16.5. The van der Waals surface area contributed by atoms with Gasteiger partial charge in [0.1, 0.15) is 0 Å². The quantitative estimate of drug-likeness (QED) is 0.538. The fraction of sp³-hybridized carbons (Fsp3) is 0.143. The third-order valence-corrected chi connectivity index (χ3v) is 5.25. The van der Waals surface area contributed by atoms with Gasteiger partial charge >= 0.3 is 11.7 Å². The lowest BCUT2D eigenvalue weighted by molar-refractivity contribution is -0.116. The zero-order valence-electron chi connectivity index (χ0n) is 16.5. The first-order chi connectivity index (χ1) is 14.2. The minimum absolute atomic E-state index is 0.0456. The van der Waals surface area contributed by atoms with E-state index in [-0.39, 0.29) is 22.7 Å². The molecule has 0 aliphatic carbocycles. The summed E-state index contributed by atoms with van der Waals surface area (Å²) in [7, 11) is 3.13. The molecule has 4 rings (SSSR count). The van der Waals surface area contributed by atoms with E-state index in [0.717, 1.165) is 4.57 Å². The molecule has 152 valence electrons. The second kappa shape index (κ2) is 6.73. The zero-order chi connectivity index (χ0) is 21.7. The van der Waals surface area contributed by atoms with Crippen LogP contribution in [0.1, 0.15) is 17.4 Å². The highest BCUT2D eigenvalue weighted by atomic mass is 16.4. The number of nitrogens with zero attached hydrogens (tertiary/aromatic N) is 3. The maximum absolute atomic E-state index is 13.2. The molecule has 0 aliphatic rings. The molecule has 0 unspecified atom stereocenters. The lowest BCUT2D eigenvalue weighted by Crippen LogP contribution is -2.34. The van der Waals surface area contributed by atoms with Gasteiger partial charge in [-0.3, -0.25) is 9.59 Å². The number of carboxylic acids is 1. The van der Waals surface area contributed by atoms with E-state index in [1.807, 2.05) is 0 Å². The number of H-pyrrole nitrogens is 1. The Labute approximate surface area is 169 Å². The average Bonchev–Trinajstić information content (AvgIpc) is 2.99. The molecule has 9 heteroatoms. The third kappa shape index (κ3) is 2.71. The maximum atomic E-state index is 13.2. The molecule has 2 heterocycles. The van der Waals surface area contributed by atoms with Crippen LogP contribution in [0.4, 0.5) is 5.69 Å². The largest absolute Gasteiger partial charge is 0.477 e. The van der Waals surface area contributed by atoms with E-state index in [1.165, 1.54) is 16.4 Å². The van der Waals surface area contributed by atoms with Gasteiger partial charge in [0.25, 0.3) is 5.56 Å². The summed E-state index contributed by atoms with van der Waals surface area (Å²) in [5.74, 6) is -1.50. The fourth-order valence-electron chi connectivity index (χ4n) is 3.64. The van der Waals surface area contributed by atoms with Gasteiger partial charge in [-0.2, -0.15) is 0 Å². The van der Waals surface area contributed by atoms with Crippen molar-refractivity contribution in [1.82, 2.24) is 14.1 Å². The number of para-hydroxylation sites is 1. The molecule has 2 N–H and O–H groups in total. The van der Waals surface area contributed by atoms with E-state index in [0.29, 0.717) is 22.1 Å². The minimum atomic E-state index is -1.29.